The van der Waals surface area contributed by atoms with Gasteiger partial charge in [-0.05, 0) is 43.5 Å². The van der Waals surface area contributed by atoms with Crippen molar-refractivity contribution in [2.75, 3.05) is 11.8 Å². The Labute approximate surface area is 138 Å². The van der Waals surface area contributed by atoms with Crippen LogP contribution in [0.2, 0.25) is 0 Å². The summed E-state index contributed by atoms with van der Waals surface area (Å²) in [6, 6.07) is 2.72. The molecule has 130 valence electrons. The number of nitrogens with one attached hydrogen (secondary N) is 1. The quantitative estimate of drug-likeness (QED) is 0.844. The molecule has 0 atom stereocenters. The van der Waals surface area contributed by atoms with Gasteiger partial charge in [0.25, 0.3) is 10.0 Å². The smallest absolute Gasteiger partial charge is 0.262 e. The average Bonchev–Trinajstić information content (AvgIpc) is 2.47. The molecule has 0 unspecified atom stereocenters. The molecule has 0 heterocycles. The van der Waals surface area contributed by atoms with E-state index in [0.717, 1.165) is 0 Å². The fourth-order valence-corrected chi connectivity index (χ4v) is 4.04. The van der Waals surface area contributed by atoms with Gasteiger partial charge in [0, 0.05) is 12.1 Å². The van der Waals surface area contributed by atoms with E-state index in [1.54, 1.807) is 26.8 Å². The molecule has 0 aromatic heterocycles. The van der Waals surface area contributed by atoms with E-state index >= 15 is 0 Å². The first-order valence-corrected chi connectivity index (χ1v) is 8.39. The third kappa shape index (κ3) is 3.19. The number of aryl methyl sites for hydroxylation is 1. The summed E-state index contributed by atoms with van der Waals surface area (Å²) >= 11 is 0. The highest BCUT2D eigenvalue weighted by atomic mass is 32.2. The summed E-state index contributed by atoms with van der Waals surface area (Å²) in [6.07, 6.45) is 0. The van der Waals surface area contributed by atoms with Crippen molar-refractivity contribution in [1.82, 2.24) is 0 Å². The lowest BCUT2D eigenvalue weighted by molar-refractivity contribution is 0.410. The molecule has 2 aromatic rings. The Morgan fingerprint density at radius 2 is 1.50 bits per heavy atom. The number of ether oxygens (including phenoxy) is 1. The number of rotatable bonds is 4. The molecule has 0 aliphatic heterocycles. The third-order valence-electron chi connectivity index (χ3n) is 3.70. The minimum atomic E-state index is -4.13. The van der Waals surface area contributed by atoms with E-state index < -0.39 is 33.2 Å². The highest BCUT2D eigenvalue weighted by molar-refractivity contribution is 7.92. The SMILES string of the molecule is COc1cc(C)c(S(=O)(=O)Nc2cc(F)c(F)c(F)c2)c(C)c1C. The van der Waals surface area contributed by atoms with Crippen molar-refractivity contribution >= 4 is 15.7 Å². The lowest BCUT2D eigenvalue weighted by atomic mass is 10.1. The van der Waals surface area contributed by atoms with Crippen LogP contribution in [-0.2, 0) is 10.0 Å². The summed E-state index contributed by atoms with van der Waals surface area (Å²) in [7, 11) is -2.66. The van der Waals surface area contributed by atoms with Crippen LogP contribution in [0.5, 0.6) is 5.75 Å². The van der Waals surface area contributed by atoms with Crippen molar-refractivity contribution < 1.29 is 26.3 Å². The molecular weight excluding hydrogens is 343 g/mol. The Kier molecular flexibility index (Phi) is 4.80. The Morgan fingerprint density at radius 3 is 2.00 bits per heavy atom. The van der Waals surface area contributed by atoms with Crippen LogP contribution >= 0.6 is 0 Å². The highest BCUT2D eigenvalue weighted by Gasteiger charge is 2.24. The third-order valence-corrected chi connectivity index (χ3v) is 5.37. The topological polar surface area (TPSA) is 55.4 Å². The molecule has 0 spiro atoms. The van der Waals surface area contributed by atoms with E-state index in [-0.39, 0.29) is 4.90 Å². The van der Waals surface area contributed by atoms with Crippen LogP contribution in [0.3, 0.4) is 0 Å². The van der Waals surface area contributed by atoms with Crippen LogP contribution in [-0.4, -0.2) is 15.5 Å². The normalized spacial score (nSPS) is 11.5. The van der Waals surface area contributed by atoms with Gasteiger partial charge >= 0.3 is 0 Å². The van der Waals surface area contributed by atoms with E-state index in [0.29, 0.717) is 34.6 Å². The summed E-state index contributed by atoms with van der Waals surface area (Å²) < 4.78 is 72.0. The number of halogens is 3. The molecule has 0 fully saturated rings. The summed E-state index contributed by atoms with van der Waals surface area (Å²) in [4.78, 5) is -0.0223. The molecule has 8 heteroatoms. The second-order valence-electron chi connectivity index (χ2n) is 5.33. The molecule has 0 saturated heterocycles. The van der Waals surface area contributed by atoms with Gasteiger partial charge in [0.05, 0.1) is 17.7 Å². The van der Waals surface area contributed by atoms with Gasteiger partial charge in [-0.25, -0.2) is 21.6 Å². The zero-order chi connectivity index (χ0) is 18.2. The Morgan fingerprint density at radius 1 is 0.958 bits per heavy atom. The van der Waals surface area contributed by atoms with E-state index in [9.17, 15) is 21.6 Å². The average molecular weight is 359 g/mol. The number of hydrogen-bond donors (Lipinski definition) is 1. The monoisotopic (exact) mass is 359 g/mol. The number of anilines is 1. The van der Waals surface area contributed by atoms with Crippen LogP contribution < -0.4 is 9.46 Å². The van der Waals surface area contributed by atoms with Crippen LogP contribution in [0.4, 0.5) is 18.9 Å². The van der Waals surface area contributed by atoms with Crippen molar-refractivity contribution in [1.29, 1.82) is 0 Å². The first-order chi connectivity index (χ1) is 11.1. The standard InChI is InChI=1S/C16H16F3NO3S/c1-8-5-14(23-4)9(2)10(3)16(8)24(21,22)20-11-6-12(17)15(19)13(18)7-11/h5-7,20H,1-4H3. The largest absolute Gasteiger partial charge is 0.496 e. The van der Waals surface area contributed by atoms with Crippen LogP contribution in [0.15, 0.2) is 23.1 Å². The molecular formula is C16H16F3NO3S. The zero-order valence-electron chi connectivity index (χ0n) is 13.5. The zero-order valence-corrected chi connectivity index (χ0v) is 14.3. The lowest BCUT2D eigenvalue weighted by Gasteiger charge is -2.17. The first-order valence-electron chi connectivity index (χ1n) is 6.90. The maximum absolute atomic E-state index is 13.3. The van der Waals surface area contributed by atoms with Crippen LogP contribution in [0.1, 0.15) is 16.7 Å². The molecule has 2 rings (SSSR count). The molecule has 24 heavy (non-hydrogen) atoms. The number of sulfonamides is 1. The van der Waals surface area contributed by atoms with Gasteiger partial charge in [0.2, 0.25) is 0 Å². The van der Waals surface area contributed by atoms with Crippen molar-refractivity contribution in [2.45, 2.75) is 25.7 Å². The molecule has 1 N–H and O–H groups in total. The van der Waals surface area contributed by atoms with Crippen molar-refractivity contribution in [2.24, 2.45) is 0 Å². The predicted molar refractivity (Wildman–Crippen MR) is 84.3 cm³/mol. The summed E-state index contributed by atoms with van der Waals surface area (Å²) in [5, 5.41) is 0. The summed E-state index contributed by atoms with van der Waals surface area (Å²) in [6.45, 7) is 4.88. The minimum Gasteiger partial charge on any atom is -0.496 e. The van der Waals surface area contributed by atoms with Gasteiger partial charge in [0.15, 0.2) is 17.5 Å². The summed E-state index contributed by atoms with van der Waals surface area (Å²) in [5.41, 5.74) is 1.08. The molecule has 2 aromatic carbocycles. The van der Waals surface area contributed by atoms with E-state index in [4.69, 9.17) is 4.74 Å². The fraction of sp³-hybridized carbons (Fsp3) is 0.250. The second kappa shape index (κ2) is 6.35. The molecule has 4 nitrogen and oxygen atoms in total. The highest BCUT2D eigenvalue weighted by Crippen LogP contribution is 2.32. The maximum atomic E-state index is 13.3. The van der Waals surface area contributed by atoms with Gasteiger partial charge in [-0.15, -0.1) is 0 Å². The molecule has 0 saturated carbocycles. The minimum absolute atomic E-state index is 0.0223. The number of methoxy groups -OCH3 is 1. The molecule has 0 amide bonds. The van der Waals surface area contributed by atoms with Crippen LogP contribution in [0.25, 0.3) is 0 Å². The van der Waals surface area contributed by atoms with Gasteiger partial charge in [-0.3, -0.25) is 4.72 Å². The Hall–Kier alpha value is -2.22. The van der Waals surface area contributed by atoms with Gasteiger partial charge in [-0.2, -0.15) is 0 Å². The molecule has 0 aliphatic rings. The fourth-order valence-electron chi connectivity index (χ4n) is 2.47. The van der Waals surface area contributed by atoms with Gasteiger partial charge in [-0.1, -0.05) is 0 Å². The van der Waals surface area contributed by atoms with Crippen molar-refractivity contribution in [3.8, 4) is 5.75 Å². The Balaban J connectivity index is 2.55. The van der Waals surface area contributed by atoms with Crippen molar-refractivity contribution in [3.63, 3.8) is 0 Å². The van der Waals surface area contributed by atoms with E-state index in [1.165, 1.54) is 7.11 Å². The number of hydrogen-bond acceptors (Lipinski definition) is 3. The molecule has 0 aliphatic carbocycles. The van der Waals surface area contributed by atoms with Gasteiger partial charge < -0.3 is 4.74 Å². The van der Waals surface area contributed by atoms with E-state index in [1.807, 2.05) is 0 Å². The van der Waals surface area contributed by atoms with E-state index in [2.05, 4.69) is 4.72 Å². The molecule has 0 bridgehead atoms. The second-order valence-corrected chi connectivity index (χ2v) is 6.95. The van der Waals surface area contributed by atoms with Gasteiger partial charge in [0.1, 0.15) is 5.75 Å². The first kappa shape index (κ1) is 18.1. The summed E-state index contributed by atoms with van der Waals surface area (Å²) in [5.74, 6) is -4.09. The Bertz CT molecular complexity index is 888. The van der Waals surface area contributed by atoms with Crippen LogP contribution in [0, 0.1) is 38.2 Å². The lowest BCUT2D eigenvalue weighted by Crippen LogP contribution is -2.17. The van der Waals surface area contributed by atoms with Crippen molar-refractivity contribution in [3.05, 3.63) is 52.3 Å². The maximum Gasteiger partial charge on any atom is 0.262 e. The molecule has 0 radical (unpaired) electrons. The predicted octanol–water partition coefficient (Wildman–Crippen LogP) is 3.84. The number of benzene rings is 2.